The number of benzene rings is 1. The number of hydrogen-bond donors (Lipinski definition) is 2. The van der Waals surface area contributed by atoms with Gasteiger partial charge in [-0.2, -0.15) is 0 Å². The Morgan fingerprint density at radius 1 is 1.39 bits per heavy atom. The SMILES string of the molecule is O=C(N[C@@H]1CCCC[C@H]1O)c1c(F)cccc1Cl. The highest BCUT2D eigenvalue weighted by Gasteiger charge is 2.26. The summed E-state index contributed by atoms with van der Waals surface area (Å²) in [6.07, 6.45) is 2.71. The van der Waals surface area contributed by atoms with Crippen molar-refractivity contribution in [1.82, 2.24) is 5.32 Å². The van der Waals surface area contributed by atoms with E-state index in [2.05, 4.69) is 5.32 Å². The van der Waals surface area contributed by atoms with Gasteiger partial charge in [0.2, 0.25) is 0 Å². The lowest BCUT2D eigenvalue weighted by Crippen LogP contribution is -2.45. The molecule has 0 spiro atoms. The topological polar surface area (TPSA) is 49.3 Å². The fourth-order valence-electron chi connectivity index (χ4n) is 2.23. The van der Waals surface area contributed by atoms with Gasteiger partial charge in [-0.25, -0.2) is 4.39 Å². The summed E-state index contributed by atoms with van der Waals surface area (Å²) < 4.78 is 13.5. The van der Waals surface area contributed by atoms with Gasteiger partial charge in [0.1, 0.15) is 5.82 Å². The Morgan fingerprint density at radius 2 is 2.11 bits per heavy atom. The first-order chi connectivity index (χ1) is 8.59. The summed E-state index contributed by atoms with van der Waals surface area (Å²) in [5.74, 6) is -1.21. The third-order valence-corrected chi connectivity index (χ3v) is 3.55. The number of aliphatic hydroxyl groups excluding tert-OH is 1. The molecule has 5 heteroatoms. The van der Waals surface area contributed by atoms with Gasteiger partial charge >= 0.3 is 0 Å². The summed E-state index contributed by atoms with van der Waals surface area (Å²) in [7, 11) is 0. The third kappa shape index (κ3) is 2.82. The monoisotopic (exact) mass is 271 g/mol. The van der Waals surface area contributed by atoms with Gasteiger partial charge in [0.05, 0.1) is 22.7 Å². The molecule has 18 heavy (non-hydrogen) atoms. The van der Waals surface area contributed by atoms with Crippen molar-refractivity contribution < 1.29 is 14.3 Å². The van der Waals surface area contributed by atoms with E-state index in [0.29, 0.717) is 12.8 Å². The first-order valence-electron chi connectivity index (χ1n) is 6.02. The Balaban J connectivity index is 2.12. The average Bonchev–Trinajstić information content (AvgIpc) is 2.32. The van der Waals surface area contributed by atoms with Gasteiger partial charge in [-0.15, -0.1) is 0 Å². The van der Waals surface area contributed by atoms with Gasteiger partial charge in [0, 0.05) is 0 Å². The van der Waals surface area contributed by atoms with Crippen LogP contribution in [0.3, 0.4) is 0 Å². The molecule has 1 aromatic rings. The maximum Gasteiger partial charge on any atom is 0.256 e. The number of aliphatic hydroxyl groups is 1. The van der Waals surface area contributed by atoms with Gasteiger partial charge in [-0.05, 0) is 25.0 Å². The number of halogens is 2. The number of rotatable bonds is 2. The number of hydrogen-bond acceptors (Lipinski definition) is 2. The Hall–Kier alpha value is -1.13. The lowest BCUT2D eigenvalue weighted by Gasteiger charge is -2.28. The zero-order chi connectivity index (χ0) is 13.1. The molecular weight excluding hydrogens is 257 g/mol. The van der Waals surface area contributed by atoms with Crippen LogP contribution in [-0.4, -0.2) is 23.2 Å². The van der Waals surface area contributed by atoms with E-state index >= 15 is 0 Å². The Kier molecular flexibility index (Phi) is 4.19. The van der Waals surface area contributed by atoms with E-state index < -0.39 is 17.8 Å². The molecule has 1 amide bonds. The molecule has 98 valence electrons. The minimum absolute atomic E-state index is 0.0813. The van der Waals surface area contributed by atoms with Crippen LogP contribution in [0.25, 0.3) is 0 Å². The predicted octanol–water partition coefficient (Wildman–Crippen LogP) is 2.51. The average molecular weight is 272 g/mol. The van der Waals surface area contributed by atoms with Crippen LogP contribution in [0.1, 0.15) is 36.0 Å². The number of carbonyl (C=O) groups is 1. The standard InChI is InChI=1S/C13H15ClFNO2/c14-8-4-3-5-9(15)12(8)13(18)16-10-6-1-2-7-11(10)17/h3-5,10-11,17H,1-2,6-7H2,(H,16,18)/t10-,11-/m1/s1. The van der Waals surface area contributed by atoms with Crippen molar-refractivity contribution in [2.45, 2.75) is 37.8 Å². The van der Waals surface area contributed by atoms with Gasteiger partial charge in [0.15, 0.2) is 0 Å². The van der Waals surface area contributed by atoms with E-state index in [4.69, 9.17) is 11.6 Å². The van der Waals surface area contributed by atoms with Crippen molar-refractivity contribution in [2.75, 3.05) is 0 Å². The second kappa shape index (κ2) is 5.67. The van der Waals surface area contributed by atoms with Gasteiger partial charge in [-0.3, -0.25) is 4.79 Å². The summed E-state index contributed by atoms with van der Waals surface area (Å²) in [6.45, 7) is 0. The summed E-state index contributed by atoms with van der Waals surface area (Å²) >= 11 is 5.82. The molecule has 0 unspecified atom stereocenters. The highest BCUT2D eigenvalue weighted by molar-refractivity contribution is 6.33. The first-order valence-corrected chi connectivity index (χ1v) is 6.40. The van der Waals surface area contributed by atoms with Crippen molar-refractivity contribution in [2.24, 2.45) is 0 Å². The summed E-state index contributed by atoms with van der Waals surface area (Å²) in [5, 5.41) is 12.5. The molecule has 0 saturated heterocycles. The van der Waals surface area contributed by atoms with Gasteiger partial charge in [-0.1, -0.05) is 30.5 Å². The Bertz CT molecular complexity index is 432. The number of nitrogens with one attached hydrogen (secondary N) is 1. The lowest BCUT2D eigenvalue weighted by molar-refractivity contribution is 0.0714. The molecular formula is C13H15ClFNO2. The fourth-order valence-corrected chi connectivity index (χ4v) is 2.48. The van der Waals surface area contributed by atoms with E-state index in [0.717, 1.165) is 12.8 Å². The zero-order valence-electron chi connectivity index (χ0n) is 9.83. The molecule has 2 rings (SSSR count). The van der Waals surface area contributed by atoms with Crippen LogP contribution >= 0.6 is 11.6 Å². The Morgan fingerprint density at radius 3 is 2.78 bits per heavy atom. The van der Waals surface area contributed by atoms with Gasteiger partial charge < -0.3 is 10.4 Å². The highest BCUT2D eigenvalue weighted by atomic mass is 35.5. The lowest BCUT2D eigenvalue weighted by atomic mass is 9.92. The van der Waals surface area contributed by atoms with Crippen molar-refractivity contribution in [1.29, 1.82) is 0 Å². The third-order valence-electron chi connectivity index (χ3n) is 3.24. The van der Waals surface area contributed by atoms with Crippen LogP contribution in [0, 0.1) is 5.82 Å². The van der Waals surface area contributed by atoms with Crippen LogP contribution in [-0.2, 0) is 0 Å². The van der Waals surface area contributed by atoms with Crippen molar-refractivity contribution in [3.05, 3.63) is 34.6 Å². The maximum absolute atomic E-state index is 13.5. The molecule has 0 heterocycles. The van der Waals surface area contributed by atoms with E-state index in [9.17, 15) is 14.3 Å². The molecule has 1 aliphatic rings. The quantitative estimate of drug-likeness (QED) is 0.868. The van der Waals surface area contributed by atoms with E-state index in [1.165, 1.54) is 18.2 Å². The summed E-state index contributed by atoms with van der Waals surface area (Å²) in [4.78, 5) is 12.0. The Labute approximate surface area is 110 Å². The number of amides is 1. The smallest absolute Gasteiger partial charge is 0.256 e. The minimum Gasteiger partial charge on any atom is -0.391 e. The van der Waals surface area contributed by atoms with Crippen molar-refractivity contribution >= 4 is 17.5 Å². The minimum atomic E-state index is -0.648. The molecule has 2 N–H and O–H groups in total. The number of carbonyl (C=O) groups excluding carboxylic acids is 1. The molecule has 3 nitrogen and oxygen atoms in total. The molecule has 0 bridgehead atoms. The molecule has 1 aliphatic carbocycles. The summed E-state index contributed by atoms with van der Waals surface area (Å²) in [5.41, 5.74) is -0.156. The van der Waals surface area contributed by atoms with Crippen LogP contribution in [0.15, 0.2) is 18.2 Å². The van der Waals surface area contributed by atoms with Gasteiger partial charge in [0.25, 0.3) is 5.91 Å². The van der Waals surface area contributed by atoms with Crippen molar-refractivity contribution in [3.8, 4) is 0 Å². The first kappa shape index (κ1) is 13.3. The van der Waals surface area contributed by atoms with E-state index in [-0.39, 0.29) is 16.6 Å². The van der Waals surface area contributed by atoms with E-state index in [1.54, 1.807) is 0 Å². The summed E-state index contributed by atoms with van der Waals surface area (Å²) in [6, 6.07) is 3.79. The maximum atomic E-state index is 13.5. The molecule has 1 saturated carbocycles. The molecule has 0 aromatic heterocycles. The normalized spacial score (nSPS) is 23.7. The van der Waals surface area contributed by atoms with E-state index in [1.807, 2.05) is 0 Å². The second-order valence-electron chi connectivity index (χ2n) is 4.53. The van der Waals surface area contributed by atoms with Crippen LogP contribution in [0.4, 0.5) is 4.39 Å². The zero-order valence-corrected chi connectivity index (χ0v) is 10.6. The fraction of sp³-hybridized carbons (Fsp3) is 0.462. The molecule has 0 radical (unpaired) electrons. The van der Waals surface area contributed by atoms with Crippen LogP contribution in [0.2, 0.25) is 5.02 Å². The molecule has 1 aromatic carbocycles. The molecule has 1 fully saturated rings. The van der Waals surface area contributed by atoms with Crippen molar-refractivity contribution in [3.63, 3.8) is 0 Å². The van der Waals surface area contributed by atoms with Crippen LogP contribution < -0.4 is 5.32 Å². The predicted molar refractivity (Wildman–Crippen MR) is 67.1 cm³/mol. The largest absolute Gasteiger partial charge is 0.391 e. The highest BCUT2D eigenvalue weighted by Crippen LogP contribution is 2.22. The second-order valence-corrected chi connectivity index (χ2v) is 4.94. The van der Waals surface area contributed by atoms with Crippen LogP contribution in [0.5, 0.6) is 0 Å². The molecule has 2 atom stereocenters. The molecule has 0 aliphatic heterocycles.